The molecule has 0 saturated carbocycles. The lowest BCUT2D eigenvalue weighted by molar-refractivity contribution is -0.118. The highest BCUT2D eigenvalue weighted by Gasteiger charge is 2.21. The van der Waals surface area contributed by atoms with Crippen molar-refractivity contribution >= 4 is 23.4 Å². The van der Waals surface area contributed by atoms with Crippen molar-refractivity contribution in [2.75, 3.05) is 11.9 Å². The molecule has 4 heteroatoms. The van der Waals surface area contributed by atoms with Gasteiger partial charge in [0.1, 0.15) is 0 Å². The Kier molecular flexibility index (Phi) is 6.12. The molecule has 116 valence electrons. The minimum absolute atomic E-state index is 0.0353. The molecule has 2 N–H and O–H groups in total. The lowest BCUT2D eigenvalue weighted by Gasteiger charge is -2.23. The third kappa shape index (κ3) is 4.75. The van der Waals surface area contributed by atoms with Crippen LogP contribution < -0.4 is 10.6 Å². The lowest BCUT2D eigenvalue weighted by atomic mass is 10.0. The van der Waals surface area contributed by atoms with Gasteiger partial charge in [-0.25, -0.2) is 0 Å². The molecule has 1 aliphatic rings. The fraction of sp³-hybridized carbons (Fsp3) is 0.588. The molecule has 1 unspecified atom stereocenters. The quantitative estimate of drug-likeness (QED) is 0.871. The van der Waals surface area contributed by atoms with E-state index >= 15 is 0 Å². The zero-order chi connectivity index (χ0) is 15.2. The van der Waals surface area contributed by atoms with Gasteiger partial charge < -0.3 is 10.6 Å². The molecule has 0 radical (unpaired) electrons. The van der Waals surface area contributed by atoms with Gasteiger partial charge in [-0.05, 0) is 48.8 Å². The van der Waals surface area contributed by atoms with E-state index in [0.717, 1.165) is 30.8 Å². The van der Waals surface area contributed by atoms with Crippen LogP contribution >= 0.6 is 11.8 Å². The second-order valence-electron chi connectivity index (χ2n) is 5.94. The van der Waals surface area contributed by atoms with Gasteiger partial charge in [0.05, 0.1) is 6.04 Å². The Labute approximate surface area is 132 Å². The Bertz CT molecular complexity index is 482. The molecule has 1 heterocycles. The highest BCUT2D eigenvalue weighted by atomic mass is 32.2. The number of carbonyl (C=O) groups excluding carboxylic acids is 1. The molecule has 1 amide bonds. The molecule has 0 bridgehead atoms. The van der Waals surface area contributed by atoms with Crippen LogP contribution in [0, 0.1) is 6.92 Å². The average Bonchev–Trinajstić information content (AvgIpc) is 2.49. The van der Waals surface area contributed by atoms with Gasteiger partial charge in [-0.2, -0.15) is 11.8 Å². The Morgan fingerprint density at radius 1 is 1.43 bits per heavy atom. The Morgan fingerprint density at radius 2 is 2.24 bits per heavy atom. The molecule has 1 saturated heterocycles. The first-order valence-corrected chi connectivity index (χ1v) is 8.87. The first kappa shape index (κ1) is 16.4. The van der Waals surface area contributed by atoms with E-state index in [-0.39, 0.29) is 11.9 Å². The number of anilines is 1. The van der Waals surface area contributed by atoms with Crippen LogP contribution in [0.15, 0.2) is 18.2 Å². The molecule has 2 rings (SSSR count). The molecule has 1 atom stereocenters. The van der Waals surface area contributed by atoms with Crippen LogP contribution in [-0.4, -0.2) is 23.7 Å². The predicted molar refractivity (Wildman–Crippen MR) is 91.9 cm³/mol. The van der Waals surface area contributed by atoms with E-state index in [9.17, 15) is 4.79 Å². The van der Waals surface area contributed by atoms with Crippen LogP contribution in [0.2, 0.25) is 0 Å². The molecule has 0 aliphatic carbocycles. The second-order valence-corrected chi connectivity index (χ2v) is 7.51. The molecule has 0 aromatic heterocycles. The molecule has 1 aromatic carbocycles. The van der Waals surface area contributed by atoms with E-state index in [4.69, 9.17) is 0 Å². The van der Waals surface area contributed by atoms with Crippen molar-refractivity contribution in [1.29, 1.82) is 0 Å². The van der Waals surface area contributed by atoms with Crippen molar-refractivity contribution in [2.45, 2.75) is 57.1 Å². The van der Waals surface area contributed by atoms with Crippen molar-refractivity contribution in [3.63, 3.8) is 0 Å². The summed E-state index contributed by atoms with van der Waals surface area (Å²) in [7, 11) is 0. The average molecular weight is 306 g/mol. The van der Waals surface area contributed by atoms with Crippen molar-refractivity contribution in [1.82, 2.24) is 5.32 Å². The van der Waals surface area contributed by atoms with E-state index in [1.807, 2.05) is 23.9 Å². The summed E-state index contributed by atoms with van der Waals surface area (Å²) in [6.45, 7) is 7.46. The van der Waals surface area contributed by atoms with E-state index in [1.165, 1.54) is 17.5 Å². The molecule has 1 aromatic rings. The smallest absolute Gasteiger partial charge is 0.241 e. The number of piperidine rings is 1. The van der Waals surface area contributed by atoms with E-state index in [0.29, 0.717) is 5.25 Å². The van der Waals surface area contributed by atoms with Gasteiger partial charge in [0.2, 0.25) is 5.91 Å². The minimum atomic E-state index is -0.0353. The van der Waals surface area contributed by atoms with Gasteiger partial charge in [-0.1, -0.05) is 32.4 Å². The van der Waals surface area contributed by atoms with Crippen molar-refractivity contribution in [2.24, 2.45) is 0 Å². The third-order valence-electron chi connectivity index (χ3n) is 3.90. The fourth-order valence-electron chi connectivity index (χ4n) is 2.53. The minimum Gasteiger partial charge on any atom is -0.324 e. The summed E-state index contributed by atoms with van der Waals surface area (Å²) >= 11 is 1.93. The standard InChI is InChI=1S/C17H26N2OS/c1-12(2)21-11-14-7-6-9-15(13(14)3)19-17(20)16-8-4-5-10-18-16/h6-7,9,12,16,18H,4-5,8,10-11H2,1-3H3,(H,19,20). The number of benzene rings is 1. The summed E-state index contributed by atoms with van der Waals surface area (Å²) < 4.78 is 0. The maximum absolute atomic E-state index is 12.3. The van der Waals surface area contributed by atoms with Crippen molar-refractivity contribution < 1.29 is 4.79 Å². The normalized spacial score (nSPS) is 18.8. The Balaban J connectivity index is 2.02. The molecule has 1 aliphatic heterocycles. The van der Waals surface area contributed by atoms with Crippen LogP contribution in [0.25, 0.3) is 0 Å². The third-order valence-corrected chi connectivity index (χ3v) is 5.05. The topological polar surface area (TPSA) is 41.1 Å². The van der Waals surface area contributed by atoms with Gasteiger partial charge in [-0.3, -0.25) is 4.79 Å². The number of amides is 1. The fourth-order valence-corrected chi connectivity index (χ4v) is 3.35. The van der Waals surface area contributed by atoms with Crippen molar-refractivity contribution in [3.8, 4) is 0 Å². The zero-order valence-corrected chi connectivity index (χ0v) is 14.1. The van der Waals surface area contributed by atoms with E-state index in [2.05, 4.69) is 37.5 Å². The molecule has 3 nitrogen and oxygen atoms in total. The first-order chi connectivity index (χ1) is 10.1. The highest BCUT2D eigenvalue weighted by molar-refractivity contribution is 7.99. The number of thioether (sulfide) groups is 1. The maximum atomic E-state index is 12.3. The van der Waals surface area contributed by atoms with Gasteiger partial charge in [-0.15, -0.1) is 0 Å². The van der Waals surface area contributed by atoms with Gasteiger partial charge in [0.15, 0.2) is 0 Å². The van der Waals surface area contributed by atoms with Gasteiger partial charge in [0.25, 0.3) is 0 Å². The molecule has 1 fully saturated rings. The SMILES string of the molecule is Cc1c(CSC(C)C)cccc1NC(=O)C1CCCCN1. The van der Waals surface area contributed by atoms with Gasteiger partial charge in [0, 0.05) is 11.4 Å². The van der Waals surface area contributed by atoms with Crippen LogP contribution in [0.3, 0.4) is 0 Å². The zero-order valence-electron chi connectivity index (χ0n) is 13.2. The number of hydrogen-bond acceptors (Lipinski definition) is 3. The monoisotopic (exact) mass is 306 g/mol. The Hall–Kier alpha value is -1.00. The largest absolute Gasteiger partial charge is 0.324 e. The van der Waals surface area contributed by atoms with Crippen molar-refractivity contribution in [3.05, 3.63) is 29.3 Å². The molecule has 21 heavy (non-hydrogen) atoms. The molecule has 0 spiro atoms. The summed E-state index contributed by atoms with van der Waals surface area (Å²) in [5.41, 5.74) is 3.45. The highest BCUT2D eigenvalue weighted by Crippen LogP contribution is 2.25. The van der Waals surface area contributed by atoms with Gasteiger partial charge >= 0.3 is 0 Å². The van der Waals surface area contributed by atoms with Crippen LogP contribution in [0.5, 0.6) is 0 Å². The van der Waals surface area contributed by atoms with Crippen LogP contribution in [0.4, 0.5) is 5.69 Å². The number of hydrogen-bond donors (Lipinski definition) is 2. The summed E-state index contributed by atoms with van der Waals surface area (Å²) in [6.07, 6.45) is 3.24. The maximum Gasteiger partial charge on any atom is 0.241 e. The summed E-state index contributed by atoms with van der Waals surface area (Å²) in [5.74, 6) is 1.10. The number of nitrogens with one attached hydrogen (secondary N) is 2. The summed E-state index contributed by atoms with van der Waals surface area (Å²) in [5, 5.41) is 7.01. The van der Waals surface area contributed by atoms with E-state index < -0.39 is 0 Å². The number of carbonyl (C=O) groups is 1. The lowest BCUT2D eigenvalue weighted by Crippen LogP contribution is -2.43. The second kappa shape index (κ2) is 7.85. The molecular weight excluding hydrogens is 280 g/mol. The van der Waals surface area contributed by atoms with E-state index in [1.54, 1.807) is 0 Å². The van der Waals surface area contributed by atoms with Crippen LogP contribution in [0.1, 0.15) is 44.2 Å². The van der Waals surface area contributed by atoms with Crippen LogP contribution in [-0.2, 0) is 10.5 Å². The predicted octanol–water partition coefficient (Wildman–Crippen LogP) is 3.72. The molecular formula is C17H26N2OS. The first-order valence-electron chi connectivity index (χ1n) is 7.82. The number of rotatable bonds is 5. The summed E-state index contributed by atoms with van der Waals surface area (Å²) in [4.78, 5) is 12.3. The summed E-state index contributed by atoms with van der Waals surface area (Å²) in [6, 6.07) is 6.15. The Morgan fingerprint density at radius 3 is 2.90 bits per heavy atom.